The van der Waals surface area contributed by atoms with Crippen molar-refractivity contribution in [1.29, 1.82) is 0 Å². The van der Waals surface area contributed by atoms with Gasteiger partial charge in [-0.3, -0.25) is 9.59 Å². The van der Waals surface area contributed by atoms with Crippen LogP contribution < -0.4 is 4.90 Å². The van der Waals surface area contributed by atoms with E-state index in [-0.39, 0.29) is 25.1 Å². The molecule has 23 heavy (non-hydrogen) atoms. The monoisotopic (exact) mass is 333 g/mol. The van der Waals surface area contributed by atoms with Gasteiger partial charge in [0.25, 0.3) is 0 Å². The van der Waals surface area contributed by atoms with E-state index in [4.69, 9.17) is 4.74 Å². The number of benzene rings is 1. The molecule has 1 aliphatic rings. The Morgan fingerprint density at radius 1 is 1.39 bits per heavy atom. The summed E-state index contributed by atoms with van der Waals surface area (Å²) >= 11 is 0. The van der Waals surface area contributed by atoms with Crippen LogP contribution in [0.25, 0.3) is 0 Å². The lowest BCUT2D eigenvalue weighted by atomic mass is 9.90. The molecule has 0 aromatic heterocycles. The topological polar surface area (TPSA) is 46.6 Å². The van der Waals surface area contributed by atoms with Crippen molar-refractivity contribution in [1.82, 2.24) is 0 Å². The minimum atomic E-state index is -4.98. The second kappa shape index (κ2) is 5.82. The molecule has 0 spiro atoms. The van der Waals surface area contributed by atoms with Gasteiger partial charge in [0.15, 0.2) is 6.29 Å². The number of hydrogen-bond donors (Lipinski definition) is 0. The van der Waals surface area contributed by atoms with Crippen LogP contribution >= 0.6 is 0 Å². The highest BCUT2D eigenvalue weighted by molar-refractivity contribution is 5.88. The molecule has 1 fully saturated rings. The van der Waals surface area contributed by atoms with Gasteiger partial charge in [-0.05, 0) is 25.5 Å². The van der Waals surface area contributed by atoms with E-state index >= 15 is 0 Å². The summed E-state index contributed by atoms with van der Waals surface area (Å²) < 4.78 is 57.3. The predicted molar refractivity (Wildman–Crippen MR) is 73.7 cm³/mol. The van der Waals surface area contributed by atoms with Crippen molar-refractivity contribution in [2.45, 2.75) is 19.5 Å². The highest BCUT2D eigenvalue weighted by atomic mass is 19.4. The maximum absolute atomic E-state index is 13.6. The fourth-order valence-electron chi connectivity index (χ4n) is 2.84. The average Bonchev–Trinajstić information content (AvgIpc) is 2.88. The molecule has 0 aliphatic carbocycles. The van der Waals surface area contributed by atoms with Crippen molar-refractivity contribution >= 4 is 17.9 Å². The van der Waals surface area contributed by atoms with Gasteiger partial charge < -0.3 is 9.64 Å². The zero-order valence-electron chi connectivity index (χ0n) is 12.5. The van der Waals surface area contributed by atoms with Crippen LogP contribution in [0.4, 0.5) is 23.2 Å². The average molecular weight is 333 g/mol. The van der Waals surface area contributed by atoms with Gasteiger partial charge in [0.05, 0.1) is 18.1 Å². The minimum Gasteiger partial charge on any atom is -0.469 e. The number of rotatable bonds is 3. The number of nitrogens with zero attached hydrogens (tertiary/aromatic N) is 1. The number of hydrogen-bond acceptors (Lipinski definition) is 4. The molecule has 0 bridgehead atoms. The van der Waals surface area contributed by atoms with Crippen LogP contribution in [0.1, 0.15) is 29.3 Å². The number of carbonyl (C=O) groups excluding carboxylic acids is 2. The largest absolute Gasteiger partial charge is 0.469 e. The summed E-state index contributed by atoms with van der Waals surface area (Å²) in [6.45, 7) is 1.98. The number of methoxy groups -OCH3 is 1. The maximum Gasteiger partial charge on any atom is 0.419 e. The van der Waals surface area contributed by atoms with Gasteiger partial charge in [0.1, 0.15) is 11.4 Å². The molecule has 1 heterocycles. The molecular formula is C15H15F4NO3. The summed E-state index contributed by atoms with van der Waals surface area (Å²) in [5.74, 6) is -1.98. The molecule has 4 nitrogen and oxygen atoms in total. The summed E-state index contributed by atoms with van der Waals surface area (Å²) in [6, 6.07) is 1.80. The first-order valence-corrected chi connectivity index (χ1v) is 6.82. The molecule has 8 heteroatoms. The van der Waals surface area contributed by atoms with E-state index in [2.05, 4.69) is 0 Å². The van der Waals surface area contributed by atoms with Gasteiger partial charge in [-0.15, -0.1) is 0 Å². The Morgan fingerprint density at radius 2 is 2.04 bits per heavy atom. The highest BCUT2D eigenvalue weighted by Crippen LogP contribution is 2.40. The van der Waals surface area contributed by atoms with Crippen molar-refractivity contribution in [3.63, 3.8) is 0 Å². The molecule has 0 radical (unpaired) electrons. The van der Waals surface area contributed by atoms with Crippen LogP contribution in [0.5, 0.6) is 0 Å². The van der Waals surface area contributed by atoms with E-state index in [9.17, 15) is 27.2 Å². The van der Waals surface area contributed by atoms with Gasteiger partial charge in [-0.1, -0.05) is 0 Å². The van der Waals surface area contributed by atoms with E-state index in [0.29, 0.717) is 12.5 Å². The molecule has 1 atom stereocenters. The number of ether oxygens (including phenoxy) is 1. The molecule has 1 aliphatic heterocycles. The number of aldehydes is 1. The van der Waals surface area contributed by atoms with E-state index in [1.807, 2.05) is 0 Å². The van der Waals surface area contributed by atoms with Gasteiger partial charge in [0, 0.05) is 18.8 Å². The quantitative estimate of drug-likeness (QED) is 0.485. The van der Waals surface area contributed by atoms with Crippen LogP contribution in [0, 0.1) is 11.2 Å². The van der Waals surface area contributed by atoms with E-state index in [1.165, 1.54) is 12.0 Å². The lowest BCUT2D eigenvalue weighted by molar-refractivity contribution is -0.150. The van der Waals surface area contributed by atoms with Gasteiger partial charge in [-0.2, -0.15) is 13.2 Å². The van der Waals surface area contributed by atoms with Crippen LogP contribution in [0.15, 0.2) is 12.1 Å². The lowest BCUT2D eigenvalue weighted by Gasteiger charge is -2.25. The molecule has 0 unspecified atom stereocenters. The number of alkyl halides is 3. The normalized spacial score (nSPS) is 21.4. The predicted octanol–water partition coefficient (Wildman–Crippen LogP) is 3.05. The summed E-state index contributed by atoms with van der Waals surface area (Å²) in [5.41, 5.74) is -3.27. The van der Waals surface area contributed by atoms with Crippen molar-refractivity contribution in [2.24, 2.45) is 5.41 Å². The summed E-state index contributed by atoms with van der Waals surface area (Å²) in [4.78, 5) is 24.4. The second-order valence-corrected chi connectivity index (χ2v) is 5.69. The van der Waals surface area contributed by atoms with E-state index < -0.39 is 34.5 Å². The van der Waals surface area contributed by atoms with Crippen molar-refractivity contribution in [3.05, 3.63) is 29.1 Å². The van der Waals surface area contributed by atoms with Gasteiger partial charge in [0.2, 0.25) is 0 Å². The highest BCUT2D eigenvalue weighted by Gasteiger charge is 2.44. The number of carbonyl (C=O) groups is 2. The zero-order valence-corrected chi connectivity index (χ0v) is 12.5. The van der Waals surface area contributed by atoms with Crippen LogP contribution in [0.3, 0.4) is 0 Å². The molecule has 1 aromatic carbocycles. The molecule has 0 N–H and O–H groups in total. The standard InChI is InChI=1S/C15H15F4NO3/c1-14(13(22)23-2)5-6-20(8-14)11-4-3-10(16)12(9(11)7-21)15(17,18)19/h3-4,7H,5-6,8H2,1-2H3/t14-/m0/s1. The smallest absolute Gasteiger partial charge is 0.419 e. The first kappa shape index (κ1) is 17.2. The van der Waals surface area contributed by atoms with Crippen LogP contribution in [-0.2, 0) is 15.7 Å². The van der Waals surface area contributed by atoms with Gasteiger partial charge in [-0.25, -0.2) is 4.39 Å². The fourth-order valence-corrected chi connectivity index (χ4v) is 2.84. The SMILES string of the molecule is COC(=O)[C@@]1(C)CCN(c2ccc(F)c(C(F)(F)F)c2C=O)C1. The Hall–Kier alpha value is -2.12. The Labute approximate surface area is 130 Å². The van der Waals surface area contributed by atoms with Crippen LogP contribution in [0.2, 0.25) is 0 Å². The number of anilines is 1. The third-order valence-electron chi connectivity index (χ3n) is 4.07. The Morgan fingerprint density at radius 3 is 2.57 bits per heavy atom. The van der Waals surface area contributed by atoms with E-state index in [0.717, 1.165) is 6.07 Å². The summed E-state index contributed by atoms with van der Waals surface area (Å²) in [6.07, 6.45) is -4.63. The Kier molecular flexibility index (Phi) is 4.37. The molecule has 0 saturated carbocycles. The molecule has 1 aromatic rings. The Bertz CT molecular complexity index is 644. The van der Waals surface area contributed by atoms with Gasteiger partial charge >= 0.3 is 12.1 Å². The third kappa shape index (κ3) is 3.02. The maximum atomic E-state index is 13.6. The molecule has 126 valence electrons. The Balaban J connectivity index is 2.46. The number of esters is 1. The molecular weight excluding hydrogens is 318 g/mol. The van der Waals surface area contributed by atoms with Crippen molar-refractivity contribution in [3.8, 4) is 0 Å². The number of halogens is 4. The molecule has 1 saturated heterocycles. The van der Waals surface area contributed by atoms with Crippen molar-refractivity contribution in [2.75, 3.05) is 25.1 Å². The third-order valence-corrected chi connectivity index (χ3v) is 4.07. The molecule has 0 amide bonds. The summed E-state index contributed by atoms with van der Waals surface area (Å²) in [7, 11) is 1.23. The molecule has 2 rings (SSSR count). The zero-order chi connectivity index (χ0) is 17.4. The van der Waals surface area contributed by atoms with Crippen molar-refractivity contribution < 1.29 is 31.9 Å². The van der Waals surface area contributed by atoms with Crippen LogP contribution in [-0.4, -0.2) is 32.5 Å². The summed E-state index contributed by atoms with van der Waals surface area (Å²) in [5, 5.41) is 0. The lowest BCUT2D eigenvalue weighted by Crippen LogP contribution is -2.33. The fraction of sp³-hybridized carbons (Fsp3) is 0.467. The second-order valence-electron chi connectivity index (χ2n) is 5.69. The first-order valence-electron chi connectivity index (χ1n) is 6.82. The van der Waals surface area contributed by atoms with E-state index in [1.54, 1.807) is 6.92 Å². The minimum absolute atomic E-state index is 0.00492. The first-order chi connectivity index (χ1) is 10.6.